The van der Waals surface area contributed by atoms with Crippen LogP contribution in [0.1, 0.15) is 22.2 Å². The topological polar surface area (TPSA) is 55.8 Å². The molecule has 84 valence electrons. The first-order chi connectivity index (χ1) is 7.68. The fourth-order valence-corrected chi connectivity index (χ4v) is 1.94. The summed E-state index contributed by atoms with van der Waals surface area (Å²) < 4.78 is 11.1. The van der Waals surface area contributed by atoms with Crippen molar-refractivity contribution < 1.29 is 19.4 Å². The molecule has 2 rings (SSSR count). The Morgan fingerprint density at radius 3 is 2.88 bits per heavy atom. The highest BCUT2D eigenvalue weighted by Crippen LogP contribution is 2.26. The number of benzene rings is 1. The van der Waals surface area contributed by atoms with E-state index >= 15 is 0 Å². The molecular formula is C11H9BrO4. The summed E-state index contributed by atoms with van der Waals surface area (Å²) in [6.07, 6.45) is 2.87. The first-order valence-corrected chi connectivity index (χ1v) is 5.42. The van der Waals surface area contributed by atoms with Crippen LogP contribution in [-0.2, 0) is 9.47 Å². The van der Waals surface area contributed by atoms with E-state index in [-0.39, 0.29) is 5.56 Å². The number of ether oxygens (including phenoxy) is 2. The van der Waals surface area contributed by atoms with E-state index in [4.69, 9.17) is 14.6 Å². The van der Waals surface area contributed by atoms with Crippen LogP contribution in [0, 0.1) is 0 Å². The van der Waals surface area contributed by atoms with Crippen LogP contribution in [-0.4, -0.2) is 17.7 Å². The number of aromatic carboxylic acids is 1. The molecule has 0 spiro atoms. The lowest BCUT2D eigenvalue weighted by Crippen LogP contribution is -2.10. The van der Waals surface area contributed by atoms with E-state index in [0.29, 0.717) is 11.1 Å². The Hall–Kier alpha value is -1.33. The van der Waals surface area contributed by atoms with E-state index in [0.717, 1.165) is 5.56 Å². The van der Waals surface area contributed by atoms with Gasteiger partial charge in [0.05, 0.1) is 18.4 Å². The molecule has 5 heteroatoms. The maximum absolute atomic E-state index is 10.8. The van der Waals surface area contributed by atoms with E-state index in [1.165, 1.54) is 6.07 Å². The molecule has 0 aromatic heterocycles. The third-order valence-corrected chi connectivity index (χ3v) is 2.79. The molecule has 0 aliphatic carbocycles. The van der Waals surface area contributed by atoms with E-state index in [2.05, 4.69) is 15.9 Å². The Morgan fingerprint density at radius 2 is 2.31 bits per heavy atom. The summed E-state index contributed by atoms with van der Waals surface area (Å²) in [7, 11) is 0. The maximum Gasteiger partial charge on any atom is 0.336 e. The lowest BCUT2D eigenvalue weighted by molar-refractivity contribution is -0.114. The Bertz CT molecular complexity index is 442. The van der Waals surface area contributed by atoms with Crippen molar-refractivity contribution in [2.45, 2.75) is 6.29 Å². The van der Waals surface area contributed by atoms with Crippen molar-refractivity contribution in [1.82, 2.24) is 0 Å². The highest BCUT2D eigenvalue weighted by atomic mass is 79.9. The van der Waals surface area contributed by atoms with Crippen LogP contribution in [0.25, 0.3) is 0 Å². The van der Waals surface area contributed by atoms with Gasteiger partial charge in [0.1, 0.15) is 0 Å². The number of carbonyl (C=O) groups is 1. The second-order valence-corrected chi connectivity index (χ2v) is 4.07. The highest BCUT2D eigenvalue weighted by molar-refractivity contribution is 9.10. The summed E-state index contributed by atoms with van der Waals surface area (Å²) in [4.78, 5) is 10.8. The van der Waals surface area contributed by atoms with Crippen molar-refractivity contribution in [3.8, 4) is 0 Å². The summed E-state index contributed by atoms with van der Waals surface area (Å²) in [6, 6.07) is 4.89. The molecule has 0 bridgehead atoms. The molecule has 1 atom stereocenters. The SMILES string of the molecule is O=C(O)c1ccc(C2OC=CCO2)cc1Br. The van der Waals surface area contributed by atoms with Crippen molar-refractivity contribution in [2.75, 3.05) is 6.61 Å². The van der Waals surface area contributed by atoms with Crippen LogP contribution in [0.3, 0.4) is 0 Å². The van der Waals surface area contributed by atoms with Crippen molar-refractivity contribution in [1.29, 1.82) is 0 Å². The van der Waals surface area contributed by atoms with Gasteiger partial charge in [-0.25, -0.2) is 4.79 Å². The fourth-order valence-electron chi connectivity index (χ4n) is 1.37. The number of hydrogen-bond donors (Lipinski definition) is 1. The van der Waals surface area contributed by atoms with Gasteiger partial charge in [0, 0.05) is 10.0 Å². The first-order valence-electron chi connectivity index (χ1n) is 4.63. The molecular weight excluding hydrogens is 276 g/mol. The standard InChI is InChI=1S/C11H9BrO4/c12-9-6-7(2-3-8(9)10(13)14)11-15-4-1-5-16-11/h1-4,6,11H,5H2,(H,13,14). The minimum Gasteiger partial charge on any atom is -0.478 e. The van der Waals surface area contributed by atoms with Crippen molar-refractivity contribution in [3.05, 3.63) is 46.1 Å². The van der Waals surface area contributed by atoms with E-state index in [1.54, 1.807) is 24.5 Å². The van der Waals surface area contributed by atoms with Gasteiger partial charge in [-0.2, -0.15) is 0 Å². The second kappa shape index (κ2) is 4.67. The summed E-state index contributed by atoms with van der Waals surface area (Å²) >= 11 is 3.20. The fraction of sp³-hybridized carbons (Fsp3) is 0.182. The lowest BCUT2D eigenvalue weighted by Gasteiger charge is -2.20. The molecule has 0 saturated carbocycles. The maximum atomic E-state index is 10.8. The third-order valence-electron chi connectivity index (χ3n) is 2.14. The van der Waals surface area contributed by atoms with Gasteiger partial charge in [-0.3, -0.25) is 0 Å². The molecule has 0 amide bonds. The normalized spacial score (nSPS) is 19.2. The van der Waals surface area contributed by atoms with Crippen molar-refractivity contribution in [3.63, 3.8) is 0 Å². The third kappa shape index (κ3) is 2.25. The quantitative estimate of drug-likeness (QED) is 0.907. The molecule has 0 radical (unpaired) electrons. The van der Waals surface area contributed by atoms with Crippen molar-refractivity contribution >= 4 is 21.9 Å². The average Bonchev–Trinajstić information content (AvgIpc) is 2.29. The largest absolute Gasteiger partial charge is 0.478 e. The Kier molecular flexibility index (Phi) is 3.26. The molecule has 16 heavy (non-hydrogen) atoms. The molecule has 1 aliphatic rings. The summed E-state index contributed by atoms with van der Waals surface area (Å²) in [5.41, 5.74) is 0.997. The lowest BCUT2D eigenvalue weighted by atomic mass is 10.1. The molecule has 0 saturated heterocycles. The van der Waals surface area contributed by atoms with Gasteiger partial charge in [-0.05, 0) is 34.1 Å². The van der Waals surface area contributed by atoms with Crippen LogP contribution < -0.4 is 0 Å². The zero-order chi connectivity index (χ0) is 11.5. The van der Waals surface area contributed by atoms with Gasteiger partial charge in [-0.1, -0.05) is 6.07 Å². The smallest absolute Gasteiger partial charge is 0.336 e. The van der Waals surface area contributed by atoms with Gasteiger partial charge in [0.15, 0.2) is 0 Å². The number of rotatable bonds is 2. The zero-order valence-electron chi connectivity index (χ0n) is 8.22. The minimum absolute atomic E-state index is 0.218. The van der Waals surface area contributed by atoms with Crippen LogP contribution in [0.15, 0.2) is 35.0 Å². The predicted octanol–water partition coefficient (Wildman–Crippen LogP) is 2.71. The average molecular weight is 285 g/mol. The summed E-state index contributed by atoms with van der Waals surface area (Å²) in [5, 5.41) is 8.86. The van der Waals surface area contributed by atoms with Crippen LogP contribution in [0.5, 0.6) is 0 Å². The molecule has 1 heterocycles. The van der Waals surface area contributed by atoms with Gasteiger partial charge < -0.3 is 14.6 Å². The predicted molar refractivity (Wildman–Crippen MR) is 60.0 cm³/mol. The molecule has 4 nitrogen and oxygen atoms in total. The Balaban J connectivity index is 2.26. The number of carboxylic acid groups (broad SMARTS) is 1. The zero-order valence-corrected chi connectivity index (χ0v) is 9.81. The van der Waals surface area contributed by atoms with E-state index in [9.17, 15) is 4.79 Å². The van der Waals surface area contributed by atoms with Crippen LogP contribution in [0.4, 0.5) is 0 Å². The summed E-state index contributed by atoms with van der Waals surface area (Å²) in [5.74, 6) is -0.969. The molecule has 1 aromatic rings. The molecule has 0 fully saturated rings. The summed E-state index contributed by atoms with van der Waals surface area (Å²) in [6.45, 7) is 0.489. The van der Waals surface area contributed by atoms with E-state index < -0.39 is 12.3 Å². The van der Waals surface area contributed by atoms with Crippen LogP contribution >= 0.6 is 15.9 Å². The van der Waals surface area contributed by atoms with Gasteiger partial charge in [0.25, 0.3) is 0 Å². The molecule has 1 aliphatic heterocycles. The van der Waals surface area contributed by atoms with Gasteiger partial charge in [0.2, 0.25) is 6.29 Å². The first kappa shape index (κ1) is 11.2. The van der Waals surface area contributed by atoms with Gasteiger partial charge >= 0.3 is 5.97 Å². The number of carboxylic acids is 1. The number of halogens is 1. The van der Waals surface area contributed by atoms with Crippen LogP contribution in [0.2, 0.25) is 0 Å². The Morgan fingerprint density at radius 1 is 1.50 bits per heavy atom. The molecule has 1 unspecified atom stereocenters. The monoisotopic (exact) mass is 284 g/mol. The second-order valence-electron chi connectivity index (χ2n) is 3.22. The minimum atomic E-state index is -0.969. The van der Waals surface area contributed by atoms with E-state index in [1.807, 2.05) is 0 Å². The van der Waals surface area contributed by atoms with Gasteiger partial charge in [-0.15, -0.1) is 0 Å². The Labute approximate surface area is 101 Å². The van der Waals surface area contributed by atoms with Crippen molar-refractivity contribution in [2.24, 2.45) is 0 Å². The number of hydrogen-bond acceptors (Lipinski definition) is 3. The molecule has 1 N–H and O–H groups in total. The highest BCUT2D eigenvalue weighted by Gasteiger charge is 2.17. The molecule has 1 aromatic carbocycles.